The molecular formula is C21H15ClF3N5O2. The summed E-state index contributed by atoms with van der Waals surface area (Å²) in [5, 5.41) is 6.81. The first-order valence-electron chi connectivity index (χ1n) is 9.39. The van der Waals surface area contributed by atoms with Gasteiger partial charge in [0.1, 0.15) is 5.39 Å². The molecule has 4 aromatic rings. The summed E-state index contributed by atoms with van der Waals surface area (Å²) >= 11 is 5.89. The van der Waals surface area contributed by atoms with Crippen LogP contribution in [0.2, 0.25) is 5.02 Å². The zero-order valence-electron chi connectivity index (χ0n) is 16.3. The first kappa shape index (κ1) is 21.6. The molecule has 0 spiro atoms. The van der Waals surface area contributed by atoms with Crippen LogP contribution in [0.1, 0.15) is 12.0 Å². The van der Waals surface area contributed by atoms with Crippen molar-refractivity contribution in [3.8, 4) is 5.69 Å². The van der Waals surface area contributed by atoms with Crippen molar-refractivity contribution in [2.75, 3.05) is 5.32 Å². The van der Waals surface area contributed by atoms with Gasteiger partial charge in [-0.25, -0.2) is 9.67 Å². The number of benzene rings is 2. The topological polar surface area (TPSA) is 81.8 Å². The molecule has 1 N–H and O–H groups in total. The molecule has 2 heterocycles. The molecule has 32 heavy (non-hydrogen) atoms. The first-order valence-corrected chi connectivity index (χ1v) is 9.77. The van der Waals surface area contributed by atoms with Crippen molar-refractivity contribution in [1.29, 1.82) is 0 Å². The van der Waals surface area contributed by atoms with Gasteiger partial charge in [-0.15, -0.1) is 0 Å². The second kappa shape index (κ2) is 8.46. The fraction of sp³-hybridized carbons (Fsp3) is 0.143. The van der Waals surface area contributed by atoms with E-state index in [9.17, 15) is 22.8 Å². The third-order valence-electron chi connectivity index (χ3n) is 4.70. The highest BCUT2D eigenvalue weighted by atomic mass is 35.5. The van der Waals surface area contributed by atoms with E-state index in [4.69, 9.17) is 11.6 Å². The SMILES string of the molecule is O=C(CCn1cnc2c(cnn2-c2ccccc2)c1=O)Nc1cc(C(F)(F)F)ccc1Cl. The zero-order chi connectivity index (χ0) is 22.9. The average Bonchev–Trinajstić information content (AvgIpc) is 3.19. The van der Waals surface area contributed by atoms with Gasteiger partial charge in [-0.1, -0.05) is 29.8 Å². The summed E-state index contributed by atoms with van der Waals surface area (Å²) < 4.78 is 41.4. The summed E-state index contributed by atoms with van der Waals surface area (Å²) in [6.07, 6.45) is -2.04. The van der Waals surface area contributed by atoms with Crippen LogP contribution in [-0.4, -0.2) is 25.2 Å². The molecule has 0 unspecified atom stereocenters. The van der Waals surface area contributed by atoms with E-state index in [0.29, 0.717) is 5.65 Å². The van der Waals surface area contributed by atoms with E-state index in [1.807, 2.05) is 30.3 Å². The zero-order valence-corrected chi connectivity index (χ0v) is 17.1. The minimum absolute atomic E-state index is 0.0271. The molecule has 0 saturated carbocycles. The molecule has 0 aliphatic heterocycles. The number of alkyl halides is 3. The van der Waals surface area contributed by atoms with E-state index in [-0.39, 0.29) is 34.6 Å². The number of aromatic nitrogens is 4. The summed E-state index contributed by atoms with van der Waals surface area (Å²) in [5.41, 5.74) is -0.362. The summed E-state index contributed by atoms with van der Waals surface area (Å²) in [4.78, 5) is 29.3. The van der Waals surface area contributed by atoms with E-state index < -0.39 is 17.6 Å². The molecule has 1 amide bonds. The summed E-state index contributed by atoms with van der Waals surface area (Å²) in [6.45, 7) is -0.0271. The van der Waals surface area contributed by atoms with Gasteiger partial charge in [0.2, 0.25) is 5.91 Å². The monoisotopic (exact) mass is 461 g/mol. The van der Waals surface area contributed by atoms with Gasteiger partial charge < -0.3 is 5.32 Å². The standard InChI is InChI=1S/C21H15ClF3N5O2/c22-16-7-6-13(21(23,24)25)10-17(16)28-18(31)8-9-29-12-26-19-15(20(29)32)11-27-30(19)14-4-2-1-3-5-14/h1-7,10-12H,8-9H2,(H,28,31). The maximum absolute atomic E-state index is 12.9. The van der Waals surface area contributed by atoms with Crippen molar-refractivity contribution < 1.29 is 18.0 Å². The van der Waals surface area contributed by atoms with Crippen molar-refractivity contribution in [2.24, 2.45) is 0 Å². The van der Waals surface area contributed by atoms with Gasteiger partial charge in [0.15, 0.2) is 5.65 Å². The lowest BCUT2D eigenvalue weighted by atomic mass is 10.2. The van der Waals surface area contributed by atoms with Crippen molar-refractivity contribution >= 4 is 34.2 Å². The molecule has 0 bridgehead atoms. The van der Waals surface area contributed by atoms with Crippen LogP contribution in [0, 0.1) is 0 Å². The third kappa shape index (κ3) is 4.35. The van der Waals surface area contributed by atoms with Crippen LogP contribution in [0.5, 0.6) is 0 Å². The highest BCUT2D eigenvalue weighted by Gasteiger charge is 2.31. The van der Waals surface area contributed by atoms with Crippen molar-refractivity contribution in [2.45, 2.75) is 19.1 Å². The maximum atomic E-state index is 12.9. The first-order chi connectivity index (χ1) is 15.2. The van der Waals surface area contributed by atoms with Gasteiger partial charge in [-0.2, -0.15) is 18.3 Å². The largest absolute Gasteiger partial charge is 0.416 e. The Morgan fingerprint density at radius 2 is 1.88 bits per heavy atom. The Bertz CT molecular complexity index is 1350. The fourth-order valence-corrected chi connectivity index (χ4v) is 3.26. The number of amides is 1. The number of carbonyl (C=O) groups is 1. The third-order valence-corrected chi connectivity index (χ3v) is 5.03. The van der Waals surface area contributed by atoms with Crippen LogP contribution in [0.15, 0.2) is 65.8 Å². The van der Waals surface area contributed by atoms with Gasteiger partial charge in [0, 0.05) is 13.0 Å². The molecule has 164 valence electrons. The average molecular weight is 462 g/mol. The highest BCUT2D eigenvalue weighted by molar-refractivity contribution is 6.33. The van der Waals surface area contributed by atoms with Gasteiger partial charge in [0.05, 0.1) is 34.5 Å². The normalized spacial score (nSPS) is 11.6. The lowest BCUT2D eigenvalue weighted by molar-refractivity contribution is -0.137. The number of hydrogen-bond acceptors (Lipinski definition) is 4. The van der Waals surface area contributed by atoms with E-state index in [2.05, 4.69) is 15.4 Å². The number of aryl methyl sites for hydroxylation is 1. The molecule has 0 radical (unpaired) electrons. The Balaban J connectivity index is 1.50. The predicted molar refractivity (Wildman–Crippen MR) is 113 cm³/mol. The Labute approximate surface area is 184 Å². The number of para-hydroxylation sites is 1. The molecule has 0 fully saturated rings. The van der Waals surface area contributed by atoms with E-state index >= 15 is 0 Å². The number of hydrogen-bond donors (Lipinski definition) is 1. The van der Waals surface area contributed by atoms with Crippen molar-refractivity contribution in [1.82, 2.24) is 19.3 Å². The number of nitrogens with one attached hydrogen (secondary N) is 1. The molecular weight excluding hydrogens is 447 g/mol. The molecule has 0 atom stereocenters. The highest BCUT2D eigenvalue weighted by Crippen LogP contribution is 2.33. The lowest BCUT2D eigenvalue weighted by Gasteiger charge is -2.12. The molecule has 4 rings (SSSR count). The fourth-order valence-electron chi connectivity index (χ4n) is 3.10. The number of halogens is 4. The van der Waals surface area contributed by atoms with E-state index in [1.165, 1.54) is 21.8 Å². The molecule has 0 aliphatic rings. The van der Waals surface area contributed by atoms with Crippen LogP contribution < -0.4 is 10.9 Å². The lowest BCUT2D eigenvalue weighted by Crippen LogP contribution is -2.23. The van der Waals surface area contributed by atoms with Crippen LogP contribution in [0.4, 0.5) is 18.9 Å². The Kier molecular flexibility index (Phi) is 5.70. The summed E-state index contributed by atoms with van der Waals surface area (Å²) in [7, 11) is 0. The van der Waals surface area contributed by atoms with Gasteiger partial charge in [-0.3, -0.25) is 14.2 Å². The number of rotatable bonds is 5. The van der Waals surface area contributed by atoms with Gasteiger partial charge in [-0.05, 0) is 30.3 Å². The molecule has 0 saturated heterocycles. The minimum Gasteiger partial charge on any atom is -0.325 e. The Morgan fingerprint density at radius 3 is 2.59 bits per heavy atom. The second-order valence-electron chi connectivity index (χ2n) is 6.86. The molecule has 7 nitrogen and oxygen atoms in total. The molecule has 2 aromatic heterocycles. The van der Waals surface area contributed by atoms with Crippen LogP contribution >= 0.6 is 11.6 Å². The van der Waals surface area contributed by atoms with E-state index in [0.717, 1.165) is 23.9 Å². The number of fused-ring (bicyclic) bond motifs is 1. The van der Waals surface area contributed by atoms with Crippen molar-refractivity contribution in [3.05, 3.63) is 82.0 Å². The molecule has 11 heteroatoms. The predicted octanol–water partition coefficient (Wildman–Crippen LogP) is 4.28. The second-order valence-corrected chi connectivity index (χ2v) is 7.27. The van der Waals surface area contributed by atoms with Crippen LogP contribution in [0.25, 0.3) is 16.7 Å². The summed E-state index contributed by atoms with van der Waals surface area (Å²) in [5.74, 6) is -0.599. The molecule has 2 aromatic carbocycles. The molecule has 0 aliphatic carbocycles. The Hall–Kier alpha value is -3.66. The quantitative estimate of drug-likeness (QED) is 0.481. The minimum atomic E-state index is -4.57. The number of nitrogens with zero attached hydrogens (tertiary/aromatic N) is 4. The van der Waals surface area contributed by atoms with E-state index in [1.54, 1.807) is 0 Å². The number of anilines is 1. The van der Waals surface area contributed by atoms with Crippen molar-refractivity contribution in [3.63, 3.8) is 0 Å². The van der Waals surface area contributed by atoms with Gasteiger partial charge in [0.25, 0.3) is 5.56 Å². The van der Waals surface area contributed by atoms with Crippen LogP contribution in [-0.2, 0) is 17.5 Å². The van der Waals surface area contributed by atoms with Crippen LogP contribution in [0.3, 0.4) is 0 Å². The number of carbonyl (C=O) groups excluding carboxylic acids is 1. The Morgan fingerprint density at radius 1 is 1.12 bits per heavy atom. The maximum Gasteiger partial charge on any atom is 0.416 e. The summed E-state index contributed by atoms with van der Waals surface area (Å²) in [6, 6.07) is 11.8. The van der Waals surface area contributed by atoms with Gasteiger partial charge >= 0.3 is 6.18 Å². The smallest absolute Gasteiger partial charge is 0.325 e.